The molecule has 1 N–H and O–H groups in total. The van der Waals surface area contributed by atoms with Crippen molar-refractivity contribution < 1.29 is 9.21 Å². The summed E-state index contributed by atoms with van der Waals surface area (Å²) in [5, 5.41) is 3.68. The van der Waals surface area contributed by atoms with Gasteiger partial charge in [0.05, 0.1) is 0 Å². The fourth-order valence-corrected chi connectivity index (χ4v) is 3.50. The normalized spacial score (nSPS) is 15.3. The third kappa shape index (κ3) is 3.53. The van der Waals surface area contributed by atoms with Gasteiger partial charge < -0.3 is 14.6 Å². The molecule has 1 saturated heterocycles. The van der Waals surface area contributed by atoms with Gasteiger partial charge in [-0.05, 0) is 36.6 Å². The SMILES string of the molecule is O=C(NCc1ccccc1Cl)C1CCN(c2nc3ccccc3o2)CC1. The van der Waals surface area contributed by atoms with Crippen LogP contribution in [0.15, 0.2) is 52.9 Å². The van der Waals surface area contributed by atoms with Crippen LogP contribution in [0.25, 0.3) is 11.1 Å². The van der Waals surface area contributed by atoms with E-state index in [1.807, 2.05) is 48.5 Å². The molecule has 1 amide bonds. The van der Waals surface area contributed by atoms with E-state index in [-0.39, 0.29) is 11.8 Å². The molecule has 1 aromatic heterocycles. The third-order valence-electron chi connectivity index (χ3n) is 4.83. The van der Waals surface area contributed by atoms with Gasteiger partial charge in [-0.3, -0.25) is 4.79 Å². The smallest absolute Gasteiger partial charge is 0.298 e. The Balaban J connectivity index is 1.33. The number of hydrogen-bond donors (Lipinski definition) is 1. The maximum Gasteiger partial charge on any atom is 0.298 e. The van der Waals surface area contributed by atoms with E-state index < -0.39 is 0 Å². The zero-order valence-corrected chi connectivity index (χ0v) is 15.1. The van der Waals surface area contributed by atoms with Gasteiger partial charge in [0.1, 0.15) is 5.52 Å². The Morgan fingerprint density at radius 1 is 1.15 bits per heavy atom. The predicted molar refractivity (Wildman–Crippen MR) is 102 cm³/mol. The second kappa shape index (κ2) is 7.38. The van der Waals surface area contributed by atoms with Gasteiger partial charge in [0.25, 0.3) is 6.01 Å². The van der Waals surface area contributed by atoms with Gasteiger partial charge in [0.2, 0.25) is 5.91 Å². The zero-order valence-electron chi connectivity index (χ0n) is 14.3. The fraction of sp³-hybridized carbons (Fsp3) is 0.300. The van der Waals surface area contributed by atoms with Crippen molar-refractivity contribution >= 4 is 34.6 Å². The largest absolute Gasteiger partial charge is 0.423 e. The van der Waals surface area contributed by atoms with Crippen molar-refractivity contribution in [1.29, 1.82) is 0 Å². The zero-order chi connectivity index (χ0) is 17.9. The van der Waals surface area contributed by atoms with Crippen molar-refractivity contribution in [3.05, 3.63) is 59.1 Å². The molecular formula is C20H20ClN3O2. The van der Waals surface area contributed by atoms with Gasteiger partial charge in [0.15, 0.2) is 5.58 Å². The van der Waals surface area contributed by atoms with E-state index in [0.717, 1.165) is 42.6 Å². The minimum atomic E-state index is 0.0121. The quantitative estimate of drug-likeness (QED) is 0.754. The van der Waals surface area contributed by atoms with Crippen molar-refractivity contribution in [2.45, 2.75) is 19.4 Å². The number of halogens is 1. The molecule has 2 heterocycles. The maximum absolute atomic E-state index is 12.5. The number of anilines is 1. The minimum Gasteiger partial charge on any atom is -0.423 e. The van der Waals surface area contributed by atoms with E-state index in [0.29, 0.717) is 17.6 Å². The molecule has 134 valence electrons. The average Bonchev–Trinajstić information content (AvgIpc) is 3.11. The van der Waals surface area contributed by atoms with Crippen LogP contribution in [0.5, 0.6) is 0 Å². The molecule has 0 saturated carbocycles. The highest BCUT2D eigenvalue weighted by molar-refractivity contribution is 6.31. The molecule has 26 heavy (non-hydrogen) atoms. The summed E-state index contributed by atoms with van der Waals surface area (Å²) in [6, 6.07) is 16.0. The maximum atomic E-state index is 12.5. The van der Waals surface area contributed by atoms with Crippen LogP contribution in [-0.2, 0) is 11.3 Å². The summed E-state index contributed by atoms with van der Waals surface area (Å²) < 4.78 is 5.82. The Morgan fingerprint density at radius 3 is 2.65 bits per heavy atom. The van der Waals surface area contributed by atoms with Crippen molar-refractivity contribution in [2.75, 3.05) is 18.0 Å². The first kappa shape index (κ1) is 16.9. The van der Waals surface area contributed by atoms with Gasteiger partial charge in [-0.25, -0.2) is 0 Å². The summed E-state index contributed by atoms with van der Waals surface area (Å²) in [6.45, 7) is 1.98. The Morgan fingerprint density at radius 2 is 1.88 bits per heavy atom. The Labute approximate surface area is 157 Å². The molecule has 3 aromatic rings. The number of carbonyl (C=O) groups is 1. The molecule has 1 aliphatic rings. The van der Waals surface area contributed by atoms with E-state index in [4.69, 9.17) is 16.0 Å². The Kier molecular flexibility index (Phi) is 4.80. The molecule has 4 rings (SSSR count). The molecule has 6 heteroatoms. The summed E-state index contributed by atoms with van der Waals surface area (Å²) in [7, 11) is 0. The lowest BCUT2D eigenvalue weighted by molar-refractivity contribution is -0.125. The van der Waals surface area contributed by atoms with Gasteiger partial charge in [-0.15, -0.1) is 0 Å². The van der Waals surface area contributed by atoms with Crippen LogP contribution >= 0.6 is 11.6 Å². The lowest BCUT2D eigenvalue weighted by Crippen LogP contribution is -2.40. The summed E-state index contributed by atoms with van der Waals surface area (Å²) in [5.74, 6) is 0.0975. The van der Waals surface area contributed by atoms with E-state index in [1.54, 1.807) is 0 Å². The first-order valence-corrected chi connectivity index (χ1v) is 9.20. The number of oxazole rings is 1. The van der Waals surface area contributed by atoms with Gasteiger partial charge in [-0.1, -0.05) is 41.9 Å². The van der Waals surface area contributed by atoms with Crippen LogP contribution in [0.3, 0.4) is 0 Å². The highest BCUT2D eigenvalue weighted by Gasteiger charge is 2.27. The molecule has 0 aliphatic carbocycles. The standard InChI is InChI=1S/C20H20ClN3O2/c21-16-6-2-1-5-15(16)13-22-19(25)14-9-11-24(12-10-14)20-23-17-7-3-4-8-18(17)26-20/h1-8,14H,9-13H2,(H,22,25). The summed E-state index contributed by atoms with van der Waals surface area (Å²) in [5.41, 5.74) is 2.59. The lowest BCUT2D eigenvalue weighted by Gasteiger charge is -2.30. The second-order valence-corrected chi connectivity index (χ2v) is 6.94. The van der Waals surface area contributed by atoms with Crippen LogP contribution in [0.2, 0.25) is 5.02 Å². The van der Waals surface area contributed by atoms with Crippen molar-refractivity contribution in [3.63, 3.8) is 0 Å². The molecule has 0 unspecified atom stereocenters. The first-order valence-electron chi connectivity index (χ1n) is 8.82. The molecule has 0 spiro atoms. The van der Waals surface area contributed by atoms with E-state index in [2.05, 4.69) is 15.2 Å². The molecule has 1 aliphatic heterocycles. The van der Waals surface area contributed by atoms with Crippen molar-refractivity contribution in [1.82, 2.24) is 10.3 Å². The predicted octanol–water partition coefficient (Wildman–Crippen LogP) is 4.01. The van der Waals surface area contributed by atoms with E-state index in [1.165, 1.54) is 0 Å². The van der Waals surface area contributed by atoms with Gasteiger partial charge >= 0.3 is 0 Å². The number of para-hydroxylation sites is 2. The molecule has 0 radical (unpaired) electrons. The lowest BCUT2D eigenvalue weighted by atomic mass is 9.96. The monoisotopic (exact) mass is 369 g/mol. The highest BCUT2D eigenvalue weighted by Crippen LogP contribution is 2.26. The topological polar surface area (TPSA) is 58.4 Å². The number of hydrogen-bond acceptors (Lipinski definition) is 4. The number of nitrogens with one attached hydrogen (secondary N) is 1. The number of piperidine rings is 1. The van der Waals surface area contributed by atoms with Crippen LogP contribution in [0.1, 0.15) is 18.4 Å². The van der Waals surface area contributed by atoms with E-state index in [9.17, 15) is 4.79 Å². The number of benzene rings is 2. The molecular weight excluding hydrogens is 350 g/mol. The molecule has 0 bridgehead atoms. The summed E-state index contributed by atoms with van der Waals surface area (Å²) in [6.07, 6.45) is 1.57. The molecule has 1 fully saturated rings. The second-order valence-electron chi connectivity index (χ2n) is 6.53. The van der Waals surface area contributed by atoms with Crippen LogP contribution in [-0.4, -0.2) is 24.0 Å². The summed E-state index contributed by atoms with van der Waals surface area (Å²) >= 11 is 6.14. The number of aromatic nitrogens is 1. The number of carbonyl (C=O) groups excluding carboxylic acids is 1. The highest BCUT2D eigenvalue weighted by atomic mass is 35.5. The molecule has 2 aromatic carbocycles. The third-order valence-corrected chi connectivity index (χ3v) is 5.20. The number of fused-ring (bicyclic) bond motifs is 1. The first-order chi connectivity index (χ1) is 12.7. The van der Waals surface area contributed by atoms with Crippen LogP contribution < -0.4 is 10.2 Å². The van der Waals surface area contributed by atoms with E-state index >= 15 is 0 Å². The van der Waals surface area contributed by atoms with Crippen LogP contribution in [0, 0.1) is 5.92 Å². The Bertz CT molecular complexity index is 883. The fourth-order valence-electron chi connectivity index (χ4n) is 3.30. The van der Waals surface area contributed by atoms with Crippen molar-refractivity contribution in [2.24, 2.45) is 5.92 Å². The Hall–Kier alpha value is -2.53. The number of rotatable bonds is 4. The number of amides is 1. The van der Waals surface area contributed by atoms with Crippen LogP contribution in [0.4, 0.5) is 6.01 Å². The molecule has 5 nitrogen and oxygen atoms in total. The average molecular weight is 370 g/mol. The summed E-state index contributed by atoms with van der Waals surface area (Å²) in [4.78, 5) is 19.1. The number of nitrogens with zero attached hydrogens (tertiary/aromatic N) is 2. The molecule has 0 atom stereocenters. The van der Waals surface area contributed by atoms with Gasteiger partial charge in [0, 0.05) is 30.6 Å². The van der Waals surface area contributed by atoms with Gasteiger partial charge in [-0.2, -0.15) is 4.98 Å². The minimum absolute atomic E-state index is 0.0121. The van der Waals surface area contributed by atoms with Crippen molar-refractivity contribution in [3.8, 4) is 0 Å².